The van der Waals surface area contributed by atoms with Gasteiger partial charge in [0, 0.05) is 12.6 Å². The molecule has 0 saturated carbocycles. The topological polar surface area (TPSA) is 24.5 Å². The van der Waals surface area contributed by atoms with Crippen LogP contribution in [0.15, 0.2) is 0 Å². The molecule has 2 heterocycles. The van der Waals surface area contributed by atoms with Crippen LogP contribution in [-0.4, -0.2) is 43.9 Å². The standard InChI is InChI=1S/C10H21N.C9H19NO/c2*1-3-5-9(4-2)10-6-7-11-8-10/h9-11H,3-8H2,1-2H3;9H,3-8H2,1-2H3. The van der Waals surface area contributed by atoms with E-state index in [9.17, 15) is 0 Å². The minimum absolute atomic E-state index is 0.766. The van der Waals surface area contributed by atoms with Crippen molar-refractivity contribution in [3.05, 3.63) is 0 Å². The molecule has 0 aromatic carbocycles. The van der Waals surface area contributed by atoms with Gasteiger partial charge in [0.15, 0.2) is 0 Å². The lowest BCUT2D eigenvalue weighted by Gasteiger charge is -2.24. The first kappa shape index (κ1) is 19.9. The molecule has 1 N–H and O–H groups in total. The molecule has 3 unspecified atom stereocenters. The molecule has 0 spiro atoms. The molecular weight excluding hydrogens is 272 g/mol. The Morgan fingerprint density at radius 1 is 1.09 bits per heavy atom. The molecule has 2 fully saturated rings. The third-order valence-electron chi connectivity index (χ3n) is 5.34. The number of ether oxygens (including phenoxy) is 1. The van der Waals surface area contributed by atoms with Crippen molar-refractivity contribution in [1.82, 2.24) is 10.2 Å². The maximum Gasteiger partial charge on any atom is 0.0994 e. The Labute approximate surface area is 139 Å². The molecule has 0 aromatic heterocycles. The lowest BCUT2D eigenvalue weighted by atomic mass is 9.86. The first-order valence-corrected chi connectivity index (χ1v) is 9.79. The van der Waals surface area contributed by atoms with E-state index < -0.39 is 0 Å². The van der Waals surface area contributed by atoms with Crippen LogP contribution in [0.1, 0.15) is 72.6 Å². The zero-order valence-electron chi connectivity index (χ0n) is 15.6. The average molecular weight is 313 g/mol. The Morgan fingerprint density at radius 3 is 2.32 bits per heavy atom. The first-order chi connectivity index (χ1) is 10.8. The predicted molar refractivity (Wildman–Crippen MR) is 96.2 cm³/mol. The lowest BCUT2D eigenvalue weighted by molar-refractivity contribution is 0.109. The molecule has 3 heteroatoms. The van der Waals surface area contributed by atoms with E-state index >= 15 is 0 Å². The van der Waals surface area contributed by atoms with Crippen LogP contribution < -0.4 is 5.32 Å². The molecule has 22 heavy (non-hydrogen) atoms. The molecule has 2 aliphatic rings. The Balaban J connectivity index is 0.000000220. The molecule has 0 amide bonds. The van der Waals surface area contributed by atoms with Gasteiger partial charge in [-0.3, -0.25) is 4.90 Å². The van der Waals surface area contributed by atoms with Gasteiger partial charge in [0.2, 0.25) is 0 Å². The molecule has 3 atom stereocenters. The van der Waals surface area contributed by atoms with Gasteiger partial charge >= 0.3 is 0 Å². The summed E-state index contributed by atoms with van der Waals surface area (Å²) in [4.78, 5) is 2.45. The van der Waals surface area contributed by atoms with Gasteiger partial charge in [-0.1, -0.05) is 53.4 Å². The van der Waals surface area contributed by atoms with Crippen molar-refractivity contribution < 1.29 is 4.74 Å². The Bertz CT molecular complexity index is 222. The van der Waals surface area contributed by atoms with E-state index in [2.05, 4.69) is 37.9 Å². The van der Waals surface area contributed by atoms with Gasteiger partial charge in [-0.25, -0.2) is 0 Å². The highest BCUT2D eigenvalue weighted by Crippen LogP contribution is 2.25. The van der Waals surface area contributed by atoms with Gasteiger partial charge < -0.3 is 10.1 Å². The molecule has 0 aliphatic carbocycles. The smallest absolute Gasteiger partial charge is 0.0994 e. The Hall–Kier alpha value is -0.120. The highest BCUT2D eigenvalue weighted by Gasteiger charge is 2.22. The van der Waals surface area contributed by atoms with Crippen LogP contribution in [0.3, 0.4) is 0 Å². The number of hydrogen-bond acceptors (Lipinski definition) is 3. The van der Waals surface area contributed by atoms with Crippen LogP contribution in [0.25, 0.3) is 0 Å². The van der Waals surface area contributed by atoms with Gasteiger partial charge in [-0.15, -0.1) is 0 Å². The minimum atomic E-state index is 0.766. The van der Waals surface area contributed by atoms with Crippen LogP contribution in [0, 0.1) is 11.8 Å². The van der Waals surface area contributed by atoms with Crippen molar-refractivity contribution in [1.29, 1.82) is 0 Å². The lowest BCUT2D eigenvalue weighted by Crippen LogP contribution is -2.32. The Kier molecular flexibility index (Phi) is 11.2. The van der Waals surface area contributed by atoms with Crippen LogP contribution in [0.4, 0.5) is 0 Å². The van der Waals surface area contributed by atoms with Crippen molar-refractivity contribution in [2.75, 3.05) is 33.0 Å². The van der Waals surface area contributed by atoms with Gasteiger partial charge in [-0.05, 0) is 44.2 Å². The van der Waals surface area contributed by atoms with Gasteiger partial charge in [-0.2, -0.15) is 0 Å². The summed E-state index contributed by atoms with van der Waals surface area (Å²) >= 11 is 0. The Morgan fingerprint density at radius 2 is 1.86 bits per heavy atom. The SMILES string of the molecule is CCCC(CC)C1CCNC1.CCCC(CC)N1CCOC1. The van der Waals surface area contributed by atoms with E-state index in [-0.39, 0.29) is 0 Å². The number of nitrogens with zero attached hydrogens (tertiary/aromatic N) is 1. The quantitative estimate of drug-likeness (QED) is 0.724. The fourth-order valence-corrected chi connectivity index (χ4v) is 3.92. The number of nitrogens with one attached hydrogen (secondary N) is 1. The van der Waals surface area contributed by atoms with Crippen molar-refractivity contribution in [3.8, 4) is 0 Å². The van der Waals surface area contributed by atoms with Gasteiger partial charge in [0.05, 0.1) is 13.3 Å². The maximum atomic E-state index is 5.31. The zero-order chi connectivity index (χ0) is 16.2. The zero-order valence-corrected chi connectivity index (χ0v) is 15.6. The molecule has 132 valence electrons. The van der Waals surface area contributed by atoms with Gasteiger partial charge in [0.25, 0.3) is 0 Å². The summed E-state index contributed by atoms with van der Waals surface area (Å²) in [5.74, 6) is 1.98. The summed E-state index contributed by atoms with van der Waals surface area (Å²) in [7, 11) is 0. The van der Waals surface area contributed by atoms with E-state index in [0.29, 0.717) is 0 Å². The van der Waals surface area contributed by atoms with Crippen LogP contribution >= 0.6 is 0 Å². The van der Waals surface area contributed by atoms with Crippen molar-refractivity contribution >= 4 is 0 Å². The third-order valence-corrected chi connectivity index (χ3v) is 5.34. The van der Waals surface area contributed by atoms with Crippen LogP contribution in [0.5, 0.6) is 0 Å². The molecule has 3 nitrogen and oxygen atoms in total. The molecule has 0 radical (unpaired) electrons. The second-order valence-electron chi connectivity index (χ2n) is 6.91. The van der Waals surface area contributed by atoms with Crippen molar-refractivity contribution in [2.45, 2.75) is 78.7 Å². The second kappa shape index (κ2) is 12.3. The highest BCUT2D eigenvalue weighted by atomic mass is 16.5. The number of hydrogen-bond donors (Lipinski definition) is 1. The first-order valence-electron chi connectivity index (χ1n) is 9.79. The molecule has 2 rings (SSSR count). The molecule has 2 saturated heterocycles. The third kappa shape index (κ3) is 6.97. The fourth-order valence-electron chi connectivity index (χ4n) is 3.92. The second-order valence-corrected chi connectivity index (χ2v) is 6.91. The van der Waals surface area contributed by atoms with Crippen molar-refractivity contribution in [3.63, 3.8) is 0 Å². The normalized spacial score (nSPS) is 24.8. The summed E-state index contributed by atoms with van der Waals surface area (Å²) in [6.45, 7) is 14.6. The fraction of sp³-hybridized carbons (Fsp3) is 1.00. The summed E-state index contributed by atoms with van der Waals surface area (Å²) in [6, 6.07) is 0.766. The molecular formula is C19H40N2O. The maximum absolute atomic E-state index is 5.31. The largest absolute Gasteiger partial charge is 0.365 e. The molecule has 0 aromatic rings. The predicted octanol–water partition coefficient (Wildman–Crippen LogP) is 4.28. The van der Waals surface area contributed by atoms with E-state index in [4.69, 9.17) is 4.74 Å². The summed E-state index contributed by atoms with van der Waals surface area (Å²) < 4.78 is 5.31. The van der Waals surface area contributed by atoms with Crippen molar-refractivity contribution in [2.24, 2.45) is 11.8 Å². The summed E-state index contributed by atoms with van der Waals surface area (Å²) in [5, 5.41) is 3.45. The van der Waals surface area contributed by atoms with Crippen LogP contribution in [-0.2, 0) is 4.74 Å². The molecule has 2 aliphatic heterocycles. The van der Waals surface area contributed by atoms with Gasteiger partial charge in [0.1, 0.15) is 0 Å². The van der Waals surface area contributed by atoms with E-state index in [0.717, 1.165) is 37.8 Å². The van der Waals surface area contributed by atoms with E-state index in [1.807, 2.05) is 0 Å². The summed E-state index contributed by atoms with van der Waals surface area (Å²) in [5.41, 5.74) is 0. The molecule has 0 bridgehead atoms. The number of rotatable bonds is 8. The highest BCUT2D eigenvalue weighted by molar-refractivity contribution is 4.77. The van der Waals surface area contributed by atoms with E-state index in [1.165, 1.54) is 58.0 Å². The summed E-state index contributed by atoms with van der Waals surface area (Å²) in [6.07, 6.45) is 9.45. The van der Waals surface area contributed by atoms with E-state index in [1.54, 1.807) is 0 Å². The minimum Gasteiger partial charge on any atom is -0.365 e. The average Bonchev–Trinajstić information content (AvgIpc) is 3.23. The monoisotopic (exact) mass is 312 g/mol. The van der Waals surface area contributed by atoms with Crippen LogP contribution in [0.2, 0.25) is 0 Å².